The van der Waals surface area contributed by atoms with Gasteiger partial charge in [-0.2, -0.15) is 0 Å². The summed E-state index contributed by atoms with van der Waals surface area (Å²) in [7, 11) is 2.00. The molecule has 2 heterocycles. The van der Waals surface area contributed by atoms with Crippen LogP contribution in [0.3, 0.4) is 0 Å². The number of hydrogen-bond acceptors (Lipinski definition) is 5. The summed E-state index contributed by atoms with van der Waals surface area (Å²) < 4.78 is 7.63. The van der Waals surface area contributed by atoms with Gasteiger partial charge in [-0.3, -0.25) is 4.79 Å². The van der Waals surface area contributed by atoms with E-state index in [0.29, 0.717) is 0 Å². The van der Waals surface area contributed by atoms with Crippen LogP contribution in [-0.4, -0.2) is 20.5 Å². The third-order valence-corrected chi connectivity index (χ3v) is 6.73. The second-order valence-corrected chi connectivity index (χ2v) is 9.02. The fraction of sp³-hybridized carbons (Fsp3) is 0.320. The lowest BCUT2D eigenvalue weighted by Crippen LogP contribution is -2.08. The predicted octanol–water partition coefficient (Wildman–Crippen LogP) is 5.47. The standard InChI is InChI=1S/C25H27N3O2S/c1-6-20-23(31-25(27-20)19-9-7-15(2)11-16(19)3)13-24(29)30-14-18-8-10-22-21(12-18)26-17(4)28(22)5/h7-12H,6,13-14H2,1-5H3. The minimum absolute atomic E-state index is 0.233. The molecule has 0 bridgehead atoms. The fourth-order valence-corrected chi connectivity index (χ4v) is 4.99. The zero-order valence-corrected chi connectivity index (χ0v) is 19.5. The van der Waals surface area contributed by atoms with Crippen molar-refractivity contribution < 1.29 is 9.53 Å². The van der Waals surface area contributed by atoms with Crippen LogP contribution < -0.4 is 0 Å². The van der Waals surface area contributed by atoms with Crippen LogP contribution in [0.1, 0.15) is 40.0 Å². The van der Waals surface area contributed by atoms with Crippen LogP contribution in [0.25, 0.3) is 21.6 Å². The van der Waals surface area contributed by atoms with E-state index < -0.39 is 0 Å². The normalized spacial score (nSPS) is 11.3. The molecule has 0 aliphatic carbocycles. The Balaban J connectivity index is 1.46. The molecule has 0 radical (unpaired) electrons. The van der Waals surface area contributed by atoms with Gasteiger partial charge in [0.2, 0.25) is 0 Å². The highest BCUT2D eigenvalue weighted by Gasteiger charge is 2.17. The lowest BCUT2D eigenvalue weighted by Gasteiger charge is -2.05. The molecular formula is C25H27N3O2S. The van der Waals surface area contributed by atoms with E-state index in [1.54, 1.807) is 11.3 Å². The lowest BCUT2D eigenvalue weighted by molar-refractivity contribution is -0.144. The smallest absolute Gasteiger partial charge is 0.311 e. The van der Waals surface area contributed by atoms with Gasteiger partial charge in [0.1, 0.15) is 17.4 Å². The van der Waals surface area contributed by atoms with E-state index in [1.807, 2.05) is 32.2 Å². The van der Waals surface area contributed by atoms with Crippen molar-refractivity contribution in [2.45, 2.75) is 47.1 Å². The molecule has 31 heavy (non-hydrogen) atoms. The van der Waals surface area contributed by atoms with Crippen LogP contribution >= 0.6 is 11.3 Å². The lowest BCUT2D eigenvalue weighted by atomic mass is 10.1. The van der Waals surface area contributed by atoms with Crippen molar-refractivity contribution in [3.8, 4) is 10.6 Å². The number of hydrogen-bond donors (Lipinski definition) is 0. The number of thiazole rings is 1. The summed E-state index contributed by atoms with van der Waals surface area (Å²) in [5.41, 5.74) is 7.47. The molecule has 0 fully saturated rings. The first kappa shape index (κ1) is 21.2. The molecule has 5 nitrogen and oxygen atoms in total. The summed E-state index contributed by atoms with van der Waals surface area (Å²) in [4.78, 5) is 22.9. The summed E-state index contributed by atoms with van der Waals surface area (Å²) in [6, 6.07) is 12.4. The maximum atomic E-state index is 12.6. The van der Waals surface area contributed by atoms with Gasteiger partial charge in [-0.25, -0.2) is 9.97 Å². The molecule has 2 aromatic carbocycles. The zero-order valence-electron chi connectivity index (χ0n) is 18.7. The summed E-state index contributed by atoms with van der Waals surface area (Å²) in [5.74, 6) is 0.726. The number of fused-ring (bicyclic) bond motifs is 1. The maximum Gasteiger partial charge on any atom is 0.311 e. The van der Waals surface area contributed by atoms with Gasteiger partial charge in [-0.15, -0.1) is 11.3 Å². The first-order valence-corrected chi connectivity index (χ1v) is 11.3. The number of nitrogens with zero attached hydrogens (tertiary/aromatic N) is 3. The van der Waals surface area contributed by atoms with Gasteiger partial charge in [0, 0.05) is 17.5 Å². The maximum absolute atomic E-state index is 12.6. The van der Waals surface area contributed by atoms with Gasteiger partial charge in [-0.05, 0) is 50.5 Å². The monoisotopic (exact) mass is 433 g/mol. The molecule has 0 saturated heterocycles. The van der Waals surface area contributed by atoms with Gasteiger partial charge in [0.05, 0.1) is 23.1 Å². The Morgan fingerprint density at radius 3 is 2.65 bits per heavy atom. The van der Waals surface area contributed by atoms with Crippen molar-refractivity contribution in [2.24, 2.45) is 7.05 Å². The summed E-state index contributed by atoms with van der Waals surface area (Å²) in [6.07, 6.45) is 1.04. The highest BCUT2D eigenvalue weighted by Crippen LogP contribution is 2.31. The van der Waals surface area contributed by atoms with Crippen molar-refractivity contribution in [1.29, 1.82) is 0 Å². The highest BCUT2D eigenvalue weighted by molar-refractivity contribution is 7.15. The van der Waals surface area contributed by atoms with Crippen molar-refractivity contribution in [1.82, 2.24) is 14.5 Å². The molecule has 0 amide bonds. The third kappa shape index (κ3) is 4.39. The predicted molar refractivity (Wildman–Crippen MR) is 125 cm³/mol. The number of aromatic nitrogens is 3. The van der Waals surface area contributed by atoms with E-state index in [-0.39, 0.29) is 19.0 Å². The Hall–Kier alpha value is -2.99. The molecular weight excluding hydrogens is 406 g/mol. The topological polar surface area (TPSA) is 57.0 Å². The second kappa shape index (κ2) is 8.63. The number of imidazole rings is 1. The third-order valence-electron chi connectivity index (χ3n) is 5.60. The molecule has 6 heteroatoms. The van der Waals surface area contributed by atoms with E-state index >= 15 is 0 Å². The van der Waals surface area contributed by atoms with Gasteiger partial charge >= 0.3 is 5.97 Å². The number of rotatable bonds is 6. The van der Waals surface area contributed by atoms with Crippen molar-refractivity contribution >= 4 is 28.3 Å². The van der Waals surface area contributed by atoms with E-state index in [0.717, 1.165) is 50.0 Å². The molecule has 0 aliphatic rings. The first-order valence-electron chi connectivity index (χ1n) is 10.5. The number of benzene rings is 2. The molecule has 2 aromatic heterocycles. The largest absolute Gasteiger partial charge is 0.461 e. The number of ether oxygens (including phenoxy) is 1. The average molecular weight is 434 g/mol. The van der Waals surface area contributed by atoms with E-state index in [9.17, 15) is 4.79 Å². The van der Waals surface area contributed by atoms with Gasteiger partial charge in [-0.1, -0.05) is 36.8 Å². The molecule has 0 saturated carbocycles. The Morgan fingerprint density at radius 2 is 1.90 bits per heavy atom. The van der Waals surface area contributed by atoms with Crippen molar-refractivity contribution in [3.05, 3.63) is 69.5 Å². The molecule has 0 aliphatic heterocycles. The Morgan fingerprint density at radius 1 is 1.10 bits per heavy atom. The summed E-state index contributed by atoms with van der Waals surface area (Å²) >= 11 is 1.59. The molecule has 0 spiro atoms. The van der Waals surface area contributed by atoms with Crippen LogP contribution in [0.5, 0.6) is 0 Å². The van der Waals surface area contributed by atoms with E-state index in [4.69, 9.17) is 9.72 Å². The van der Waals surface area contributed by atoms with E-state index in [2.05, 4.69) is 48.5 Å². The molecule has 0 atom stereocenters. The SMILES string of the molecule is CCc1nc(-c2ccc(C)cc2C)sc1CC(=O)OCc1ccc2c(c1)nc(C)n2C. The van der Waals surface area contributed by atoms with Gasteiger partial charge in [0.15, 0.2) is 0 Å². The summed E-state index contributed by atoms with van der Waals surface area (Å²) in [5, 5.41) is 0.966. The Labute approximate surface area is 186 Å². The number of carbonyl (C=O) groups excluding carboxylic acids is 1. The van der Waals surface area contributed by atoms with Crippen LogP contribution in [-0.2, 0) is 36.0 Å². The highest BCUT2D eigenvalue weighted by atomic mass is 32.1. The van der Waals surface area contributed by atoms with Gasteiger partial charge < -0.3 is 9.30 Å². The van der Waals surface area contributed by atoms with Crippen LogP contribution in [0.2, 0.25) is 0 Å². The molecule has 0 unspecified atom stereocenters. The first-order chi connectivity index (χ1) is 14.9. The number of esters is 1. The van der Waals surface area contributed by atoms with Crippen LogP contribution in [0, 0.1) is 20.8 Å². The number of carbonyl (C=O) groups is 1. The van der Waals surface area contributed by atoms with Crippen LogP contribution in [0.4, 0.5) is 0 Å². The zero-order chi connectivity index (χ0) is 22.1. The quantitative estimate of drug-likeness (QED) is 0.378. The number of aryl methyl sites for hydroxylation is 5. The minimum atomic E-state index is -0.233. The molecule has 160 valence electrons. The molecule has 4 rings (SSSR count). The second-order valence-electron chi connectivity index (χ2n) is 7.94. The van der Waals surface area contributed by atoms with Crippen LogP contribution in [0.15, 0.2) is 36.4 Å². The fourth-order valence-electron chi connectivity index (χ4n) is 3.77. The molecule has 0 N–H and O–H groups in total. The Kier molecular flexibility index (Phi) is 5.92. The molecule has 4 aromatic rings. The Bertz CT molecular complexity index is 1270. The van der Waals surface area contributed by atoms with Crippen molar-refractivity contribution in [2.75, 3.05) is 0 Å². The van der Waals surface area contributed by atoms with Crippen molar-refractivity contribution in [3.63, 3.8) is 0 Å². The van der Waals surface area contributed by atoms with Gasteiger partial charge in [0.25, 0.3) is 0 Å². The summed E-state index contributed by atoms with van der Waals surface area (Å²) in [6.45, 7) is 8.48. The minimum Gasteiger partial charge on any atom is -0.461 e. The van der Waals surface area contributed by atoms with E-state index in [1.165, 1.54) is 11.1 Å². The average Bonchev–Trinajstić information content (AvgIpc) is 3.26.